The van der Waals surface area contributed by atoms with Gasteiger partial charge in [0.15, 0.2) is 18.2 Å². The summed E-state index contributed by atoms with van der Waals surface area (Å²) >= 11 is 0. The molecule has 1 amide bonds. The quantitative estimate of drug-likeness (QED) is 0.622. The van der Waals surface area contributed by atoms with Crippen LogP contribution >= 0.6 is 0 Å². The maximum absolute atomic E-state index is 13.6. The standard InChI is InChI=1S/C22H23FN4O3/c1-16-6-8-17(9-7-16)22-24-20(30-25-22)14-26-10-12-27(13-11-26)21(28)15-29-19-5-3-2-4-18(19)23/h2-9H,10-15H2,1H3. The van der Waals surface area contributed by atoms with Gasteiger partial charge in [0.1, 0.15) is 0 Å². The van der Waals surface area contributed by atoms with Crippen molar-refractivity contribution in [1.29, 1.82) is 0 Å². The Morgan fingerprint density at radius 1 is 1.10 bits per heavy atom. The van der Waals surface area contributed by atoms with Gasteiger partial charge in [-0.05, 0) is 19.1 Å². The van der Waals surface area contributed by atoms with E-state index in [9.17, 15) is 9.18 Å². The monoisotopic (exact) mass is 410 g/mol. The van der Waals surface area contributed by atoms with Gasteiger partial charge in [0.25, 0.3) is 5.91 Å². The van der Waals surface area contributed by atoms with E-state index in [0.29, 0.717) is 44.4 Å². The summed E-state index contributed by atoms with van der Waals surface area (Å²) in [6.45, 7) is 4.90. The Morgan fingerprint density at radius 2 is 1.83 bits per heavy atom. The largest absolute Gasteiger partial charge is 0.481 e. The fraction of sp³-hybridized carbons (Fsp3) is 0.318. The van der Waals surface area contributed by atoms with E-state index in [1.54, 1.807) is 17.0 Å². The molecule has 0 atom stereocenters. The lowest BCUT2D eigenvalue weighted by molar-refractivity contribution is -0.135. The zero-order chi connectivity index (χ0) is 20.9. The third-order valence-corrected chi connectivity index (χ3v) is 5.05. The number of carbonyl (C=O) groups is 1. The number of halogens is 1. The molecule has 0 bridgehead atoms. The zero-order valence-corrected chi connectivity index (χ0v) is 16.8. The van der Waals surface area contributed by atoms with Crippen LogP contribution < -0.4 is 4.74 Å². The number of piperazine rings is 1. The second kappa shape index (κ2) is 9.04. The molecule has 0 spiro atoms. The van der Waals surface area contributed by atoms with E-state index in [4.69, 9.17) is 9.26 Å². The lowest BCUT2D eigenvalue weighted by atomic mass is 10.1. The minimum absolute atomic E-state index is 0.0882. The summed E-state index contributed by atoms with van der Waals surface area (Å²) in [6, 6.07) is 14.0. The smallest absolute Gasteiger partial charge is 0.260 e. The lowest BCUT2D eigenvalue weighted by Gasteiger charge is -2.33. The molecule has 0 N–H and O–H groups in total. The third kappa shape index (κ3) is 4.83. The predicted molar refractivity (Wildman–Crippen MR) is 108 cm³/mol. The number of nitrogens with zero attached hydrogens (tertiary/aromatic N) is 4. The van der Waals surface area contributed by atoms with Crippen LogP contribution in [0.1, 0.15) is 11.5 Å². The average Bonchev–Trinajstić information content (AvgIpc) is 3.22. The van der Waals surface area contributed by atoms with E-state index in [2.05, 4.69) is 15.0 Å². The van der Waals surface area contributed by atoms with Crippen LogP contribution in [0.25, 0.3) is 11.4 Å². The van der Waals surface area contributed by atoms with Crippen LogP contribution in [0.5, 0.6) is 5.75 Å². The Morgan fingerprint density at radius 3 is 2.57 bits per heavy atom. The van der Waals surface area contributed by atoms with Crippen molar-refractivity contribution in [1.82, 2.24) is 19.9 Å². The molecule has 7 nitrogen and oxygen atoms in total. The van der Waals surface area contributed by atoms with Gasteiger partial charge in [0, 0.05) is 31.7 Å². The molecule has 156 valence electrons. The van der Waals surface area contributed by atoms with E-state index in [1.165, 1.54) is 17.7 Å². The SMILES string of the molecule is Cc1ccc(-c2noc(CN3CCN(C(=O)COc4ccccc4F)CC3)n2)cc1. The highest BCUT2D eigenvalue weighted by molar-refractivity contribution is 5.77. The van der Waals surface area contributed by atoms with Gasteiger partial charge in [-0.1, -0.05) is 47.1 Å². The maximum atomic E-state index is 13.6. The first-order chi connectivity index (χ1) is 14.6. The summed E-state index contributed by atoms with van der Waals surface area (Å²) in [5.74, 6) is 0.583. The highest BCUT2D eigenvalue weighted by Crippen LogP contribution is 2.18. The van der Waals surface area contributed by atoms with Gasteiger partial charge in [-0.15, -0.1) is 0 Å². The van der Waals surface area contributed by atoms with Crippen molar-refractivity contribution in [3.05, 3.63) is 65.8 Å². The number of carbonyl (C=O) groups excluding carboxylic acids is 1. The molecule has 1 fully saturated rings. The maximum Gasteiger partial charge on any atom is 0.260 e. The van der Waals surface area contributed by atoms with Crippen LogP contribution in [0.15, 0.2) is 53.1 Å². The van der Waals surface area contributed by atoms with E-state index >= 15 is 0 Å². The number of benzene rings is 2. The molecule has 3 aromatic rings. The van der Waals surface area contributed by atoms with Crippen molar-refractivity contribution in [2.24, 2.45) is 0 Å². The van der Waals surface area contributed by atoms with Crippen molar-refractivity contribution in [2.75, 3.05) is 32.8 Å². The third-order valence-electron chi connectivity index (χ3n) is 5.05. The number of ether oxygens (including phenoxy) is 1. The van der Waals surface area contributed by atoms with Crippen molar-refractivity contribution >= 4 is 5.91 Å². The summed E-state index contributed by atoms with van der Waals surface area (Å²) in [5.41, 5.74) is 2.09. The number of para-hydroxylation sites is 1. The van der Waals surface area contributed by atoms with Gasteiger partial charge >= 0.3 is 0 Å². The normalized spacial score (nSPS) is 14.7. The molecule has 4 rings (SSSR count). The highest BCUT2D eigenvalue weighted by atomic mass is 19.1. The molecular formula is C22H23FN4O3. The Bertz CT molecular complexity index is 998. The fourth-order valence-electron chi connectivity index (χ4n) is 3.28. The number of rotatable bonds is 6. The molecule has 1 saturated heterocycles. The minimum Gasteiger partial charge on any atom is -0.481 e. The van der Waals surface area contributed by atoms with Crippen LogP contribution in [0.2, 0.25) is 0 Å². The molecule has 0 aliphatic carbocycles. The van der Waals surface area contributed by atoms with Crippen molar-refractivity contribution in [3.63, 3.8) is 0 Å². The van der Waals surface area contributed by atoms with E-state index < -0.39 is 5.82 Å². The first-order valence-electron chi connectivity index (χ1n) is 9.85. The highest BCUT2D eigenvalue weighted by Gasteiger charge is 2.23. The van der Waals surface area contributed by atoms with Crippen LogP contribution in [0.4, 0.5) is 4.39 Å². The van der Waals surface area contributed by atoms with Gasteiger partial charge in [0.05, 0.1) is 6.54 Å². The minimum atomic E-state index is -0.473. The number of hydrogen-bond donors (Lipinski definition) is 0. The van der Waals surface area contributed by atoms with Crippen molar-refractivity contribution in [2.45, 2.75) is 13.5 Å². The molecule has 0 radical (unpaired) electrons. The second-order valence-electron chi connectivity index (χ2n) is 7.25. The van der Waals surface area contributed by atoms with Crippen LogP contribution in [-0.2, 0) is 11.3 Å². The second-order valence-corrected chi connectivity index (χ2v) is 7.25. The molecule has 1 aliphatic heterocycles. The van der Waals surface area contributed by atoms with Crippen molar-refractivity contribution in [3.8, 4) is 17.1 Å². The number of amides is 1. The Balaban J connectivity index is 1.25. The first-order valence-corrected chi connectivity index (χ1v) is 9.85. The molecule has 8 heteroatoms. The van der Waals surface area contributed by atoms with Crippen LogP contribution in [0, 0.1) is 12.7 Å². The van der Waals surface area contributed by atoms with Gasteiger partial charge in [-0.25, -0.2) is 4.39 Å². The average molecular weight is 410 g/mol. The van der Waals surface area contributed by atoms with E-state index in [0.717, 1.165) is 5.56 Å². The van der Waals surface area contributed by atoms with Crippen LogP contribution in [-0.4, -0.2) is 58.6 Å². The summed E-state index contributed by atoms with van der Waals surface area (Å²) in [5, 5.41) is 4.06. The number of aryl methyl sites for hydroxylation is 1. The molecular weight excluding hydrogens is 387 g/mol. The first kappa shape index (κ1) is 20.0. The zero-order valence-electron chi connectivity index (χ0n) is 16.8. The summed E-state index contributed by atoms with van der Waals surface area (Å²) in [4.78, 5) is 20.7. The van der Waals surface area contributed by atoms with Crippen LogP contribution in [0.3, 0.4) is 0 Å². The molecule has 2 aromatic carbocycles. The van der Waals surface area contributed by atoms with E-state index in [-0.39, 0.29) is 18.3 Å². The fourth-order valence-corrected chi connectivity index (χ4v) is 3.28. The summed E-state index contributed by atoms with van der Waals surface area (Å²) in [7, 11) is 0. The molecule has 1 aromatic heterocycles. The molecule has 30 heavy (non-hydrogen) atoms. The van der Waals surface area contributed by atoms with Gasteiger partial charge in [-0.3, -0.25) is 9.69 Å². The predicted octanol–water partition coefficient (Wildman–Crippen LogP) is 2.91. The summed E-state index contributed by atoms with van der Waals surface area (Å²) < 4.78 is 24.3. The lowest BCUT2D eigenvalue weighted by Crippen LogP contribution is -2.49. The summed E-state index contributed by atoms with van der Waals surface area (Å²) in [6.07, 6.45) is 0. The molecule has 1 aliphatic rings. The molecule has 2 heterocycles. The van der Waals surface area contributed by atoms with Gasteiger partial charge in [-0.2, -0.15) is 4.98 Å². The van der Waals surface area contributed by atoms with Gasteiger partial charge < -0.3 is 14.2 Å². The Hall–Kier alpha value is -3.26. The topological polar surface area (TPSA) is 71.7 Å². The number of aromatic nitrogens is 2. The Kier molecular flexibility index (Phi) is 6.04. The Labute approximate surface area is 174 Å². The molecule has 0 unspecified atom stereocenters. The van der Waals surface area contributed by atoms with Gasteiger partial charge in [0.2, 0.25) is 11.7 Å². The van der Waals surface area contributed by atoms with E-state index in [1.807, 2.05) is 31.2 Å². The number of hydrogen-bond acceptors (Lipinski definition) is 6. The van der Waals surface area contributed by atoms with Crippen molar-refractivity contribution < 1.29 is 18.4 Å². The molecule has 0 saturated carbocycles.